The molecule has 166 valence electrons. The maximum atomic E-state index is 10.8. The molecule has 1 heterocycles. The van der Waals surface area contributed by atoms with E-state index in [1.165, 1.54) is 0 Å². The summed E-state index contributed by atoms with van der Waals surface area (Å²) >= 11 is 0. The van der Waals surface area contributed by atoms with E-state index in [1.54, 1.807) is 17.8 Å². The summed E-state index contributed by atoms with van der Waals surface area (Å²) in [5.41, 5.74) is 1.91. The number of nitrogens with zero attached hydrogens (tertiary/aromatic N) is 3. The van der Waals surface area contributed by atoms with Gasteiger partial charge in [0.1, 0.15) is 5.60 Å². The summed E-state index contributed by atoms with van der Waals surface area (Å²) in [4.78, 5) is 4.65. The Morgan fingerprint density at radius 1 is 1.20 bits per heavy atom. The molecule has 0 bridgehead atoms. The zero-order valence-corrected chi connectivity index (χ0v) is 18.5. The smallest absolute Gasteiger partial charge is 0.191 e. The van der Waals surface area contributed by atoms with Crippen LogP contribution in [-0.4, -0.2) is 53.8 Å². The third-order valence-corrected chi connectivity index (χ3v) is 4.53. The van der Waals surface area contributed by atoms with Crippen molar-refractivity contribution in [2.75, 3.05) is 32.9 Å². The van der Waals surface area contributed by atoms with Crippen LogP contribution in [0.25, 0.3) is 0 Å². The Morgan fingerprint density at radius 2 is 1.97 bits per heavy atom. The van der Waals surface area contributed by atoms with Gasteiger partial charge in [-0.1, -0.05) is 24.3 Å². The van der Waals surface area contributed by atoms with Crippen molar-refractivity contribution in [1.29, 1.82) is 0 Å². The van der Waals surface area contributed by atoms with Crippen LogP contribution < -0.4 is 10.6 Å². The van der Waals surface area contributed by atoms with E-state index in [2.05, 4.69) is 26.8 Å². The Hall–Kier alpha value is -2.42. The lowest BCUT2D eigenvalue weighted by molar-refractivity contribution is 0.0453. The van der Waals surface area contributed by atoms with Gasteiger partial charge >= 0.3 is 0 Å². The second-order valence-electron chi connectivity index (χ2n) is 7.29. The number of nitrogens with one attached hydrogen (secondary N) is 2. The van der Waals surface area contributed by atoms with Crippen LogP contribution in [0.5, 0.6) is 0 Å². The zero-order valence-electron chi connectivity index (χ0n) is 18.5. The summed E-state index contributed by atoms with van der Waals surface area (Å²) in [7, 11) is 1.83. The SMILES string of the molecule is CCNC(=NCc1cccc(COCCOCC)c1)NCC(C)(O)c1cnn(C)c1. The second-order valence-corrected chi connectivity index (χ2v) is 7.29. The van der Waals surface area contributed by atoms with Crippen molar-refractivity contribution in [1.82, 2.24) is 20.4 Å². The first-order chi connectivity index (χ1) is 14.4. The number of ether oxygens (including phenoxy) is 2. The van der Waals surface area contributed by atoms with E-state index in [0.717, 1.165) is 23.2 Å². The molecule has 1 aromatic heterocycles. The number of rotatable bonds is 12. The molecule has 1 aromatic carbocycles. The predicted octanol–water partition coefficient (Wildman–Crippen LogP) is 1.94. The molecule has 8 nitrogen and oxygen atoms in total. The van der Waals surface area contributed by atoms with Crippen LogP contribution in [-0.2, 0) is 35.3 Å². The highest BCUT2D eigenvalue weighted by molar-refractivity contribution is 5.79. The number of aromatic nitrogens is 2. The van der Waals surface area contributed by atoms with Crippen LogP contribution in [0.2, 0.25) is 0 Å². The lowest BCUT2D eigenvalue weighted by Crippen LogP contribution is -2.44. The van der Waals surface area contributed by atoms with Gasteiger partial charge in [0.15, 0.2) is 5.96 Å². The fourth-order valence-electron chi connectivity index (χ4n) is 2.84. The third kappa shape index (κ3) is 8.14. The maximum absolute atomic E-state index is 10.8. The van der Waals surface area contributed by atoms with Crippen LogP contribution in [0.1, 0.15) is 37.5 Å². The molecule has 1 unspecified atom stereocenters. The van der Waals surface area contributed by atoms with Gasteiger partial charge in [-0.05, 0) is 31.9 Å². The fourth-order valence-corrected chi connectivity index (χ4v) is 2.84. The number of aryl methyl sites for hydroxylation is 1. The molecule has 0 radical (unpaired) electrons. The third-order valence-electron chi connectivity index (χ3n) is 4.53. The van der Waals surface area contributed by atoms with Crippen LogP contribution in [0, 0.1) is 0 Å². The largest absolute Gasteiger partial charge is 0.383 e. The minimum Gasteiger partial charge on any atom is -0.383 e. The van der Waals surface area contributed by atoms with Crippen LogP contribution in [0.4, 0.5) is 0 Å². The van der Waals surface area contributed by atoms with E-state index in [-0.39, 0.29) is 0 Å². The van der Waals surface area contributed by atoms with Crippen LogP contribution >= 0.6 is 0 Å². The molecule has 0 saturated heterocycles. The van der Waals surface area contributed by atoms with Crippen molar-refractivity contribution in [3.05, 3.63) is 53.3 Å². The lowest BCUT2D eigenvalue weighted by atomic mass is 10.00. The Kier molecular flexibility index (Phi) is 9.79. The summed E-state index contributed by atoms with van der Waals surface area (Å²) in [5.74, 6) is 0.653. The molecular formula is C22H35N5O3. The van der Waals surface area contributed by atoms with Crippen molar-refractivity contribution < 1.29 is 14.6 Å². The van der Waals surface area contributed by atoms with Crippen LogP contribution in [0.15, 0.2) is 41.7 Å². The van der Waals surface area contributed by atoms with Crippen molar-refractivity contribution in [2.45, 2.75) is 39.5 Å². The first-order valence-electron chi connectivity index (χ1n) is 10.4. The number of hydrogen-bond acceptors (Lipinski definition) is 5. The number of aliphatic hydroxyl groups is 1. The molecule has 0 aliphatic carbocycles. The first-order valence-corrected chi connectivity index (χ1v) is 10.4. The molecule has 2 aromatic rings. The van der Waals surface area contributed by atoms with Gasteiger partial charge in [0.05, 0.1) is 39.1 Å². The molecule has 30 heavy (non-hydrogen) atoms. The number of benzene rings is 1. The summed E-state index contributed by atoms with van der Waals surface area (Å²) < 4.78 is 12.6. The topological polar surface area (TPSA) is 92.9 Å². The van der Waals surface area contributed by atoms with Gasteiger partial charge in [-0.3, -0.25) is 4.68 Å². The van der Waals surface area contributed by atoms with Gasteiger partial charge in [0.2, 0.25) is 0 Å². The Labute approximate surface area is 179 Å². The molecule has 0 amide bonds. The lowest BCUT2D eigenvalue weighted by Gasteiger charge is -2.23. The van der Waals surface area contributed by atoms with Gasteiger partial charge in [-0.15, -0.1) is 0 Å². The predicted molar refractivity (Wildman–Crippen MR) is 118 cm³/mol. The molecular weight excluding hydrogens is 382 g/mol. The standard InChI is InChI=1S/C22H35N5O3/c1-5-23-21(25-17-22(3,28)20-14-26-27(4)15-20)24-13-18-8-7-9-19(12-18)16-30-11-10-29-6-2/h7-9,12,14-15,28H,5-6,10-11,13,16-17H2,1-4H3,(H2,23,24,25). The van der Waals surface area contributed by atoms with E-state index < -0.39 is 5.60 Å². The van der Waals surface area contributed by atoms with E-state index in [0.29, 0.717) is 45.5 Å². The highest BCUT2D eigenvalue weighted by atomic mass is 16.5. The Morgan fingerprint density at radius 3 is 2.67 bits per heavy atom. The highest BCUT2D eigenvalue weighted by Crippen LogP contribution is 2.18. The summed E-state index contributed by atoms with van der Waals surface area (Å²) in [6.07, 6.45) is 3.49. The van der Waals surface area contributed by atoms with Gasteiger partial charge in [0.25, 0.3) is 0 Å². The van der Waals surface area contributed by atoms with Crippen molar-refractivity contribution >= 4 is 5.96 Å². The van der Waals surface area contributed by atoms with Gasteiger partial charge in [0, 0.05) is 32.0 Å². The van der Waals surface area contributed by atoms with E-state index in [9.17, 15) is 5.11 Å². The maximum Gasteiger partial charge on any atom is 0.191 e. The normalized spacial score (nSPS) is 13.8. The Bertz CT molecular complexity index is 789. The van der Waals surface area contributed by atoms with Gasteiger partial charge in [-0.25, -0.2) is 4.99 Å². The minimum atomic E-state index is -1.05. The molecule has 0 aliphatic heterocycles. The molecule has 0 fully saturated rings. The quantitative estimate of drug-likeness (QED) is 0.278. The number of hydrogen-bond donors (Lipinski definition) is 3. The number of aliphatic imine (C=N–C) groups is 1. The average molecular weight is 418 g/mol. The number of guanidine groups is 1. The molecule has 0 spiro atoms. The fraction of sp³-hybridized carbons (Fsp3) is 0.545. The van der Waals surface area contributed by atoms with Crippen molar-refractivity contribution in [3.63, 3.8) is 0 Å². The second kappa shape index (κ2) is 12.3. The highest BCUT2D eigenvalue weighted by Gasteiger charge is 2.24. The van der Waals surface area contributed by atoms with Crippen molar-refractivity contribution in [3.8, 4) is 0 Å². The Balaban J connectivity index is 1.91. The van der Waals surface area contributed by atoms with E-state index in [1.807, 2.05) is 45.3 Å². The minimum absolute atomic E-state index is 0.318. The molecule has 1 atom stereocenters. The average Bonchev–Trinajstić information content (AvgIpc) is 3.18. The van der Waals surface area contributed by atoms with Crippen molar-refractivity contribution in [2.24, 2.45) is 12.0 Å². The summed E-state index contributed by atoms with van der Waals surface area (Å²) in [6.45, 7) is 9.77. The molecule has 0 saturated carbocycles. The van der Waals surface area contributed by atoms with Gasteiger partial charge in [-0.2, -0.15) is 5.10 Å². The summed E-state index contributed by atoms with van der Waals surface area (Å²) in [6, 6.07) is 8.20. The van der Waals surface area contributed by atoms with E-state index >= 15 is 0 Å². The molecule has 2 rings (SSSR count). The molecule has 3 N–H and O–H groups in total. The summed E-state index contributed by atoms with van der Waals surface area (Å²) in [5, 5.41) is 21.3. The molecule has 8 heteroatoms. The monoisotopic (exact) mass is 417 g/mol. The molecule has 0 aliphatic rings. The first kappa shape index (κ1) is 23.9. The van der Waals surface area contributed by atoms with E-state index in [4.69, 9.17) is 9.47 Å². The van der Waals surface area contributed by atoms with Crippen LogP contribution in [0.3, 0.4) is 0 Å². The van der Waals surface area contributed by atoms with Gasteiger partial charge < -0.3 is 25.2 Å². The zero-order chi connectivity index (χ0) is 21.8.